The molecule has 2 aromatic carbocycles. The Balaban J connectivity index is 1.67. The minimum absolute atomic E-state index is 0.0314. The maximum absolute atomic E-state index is 10.9. The molecule has 0 radical (unpaired) electrons. The molecule has 1 aliphatic heterocycles. The summed E-state index contributed by atoms with van der Waals surface area (Å²) in [5, 5.41) is 19.0. The van der Waals surface area contributed by atoms with E-state index in [4.69, 9.17) is 9.84 Å². The molecule has 0 aromatic heterocycles. The average molecular weight is 341 g/mol. The molecule has 5 heteroatoms. The zero-order valence-corrected chi connectivity index (χ0v) is 14.1. The highest BCUT2D eigenvalue weighted by atomic mass is 16.5. The number of hydrogen-bond acceptors (Lipinski definition) is 4. The van der Waals surface area contributed by atoms with Crippen LogP contribution < -0.4 is 0 Å². The molecule has 2 N–H and O–H groups in total. The summed E-state index contributed by atoms with van der Waals surface area (Å²) in [6, 6.07) is 17.0. The van der Waals surface area contributed by atoms with Crippen LogP contribution >= 0.6 is 0 Å². The van der Waals surface area contributed by atoms with Crippen molar-refractivity contribution in [3.05, 3.63) is 71.3 Å². The number of morpholine rings is 1. The van der Waals surface area contributed by atoms with Crippen LogP contribution in [0, 0.1) is 0 Å². The molecule has 25 heavy (non-hydrogen) atoms. The first-order chi connectivity index (χ1) is 12.1. The lowest BCUT2D eigenvalue weighted by Crippen LogP contribution is -2.55. The molecule has 0 unspecified atom stereocenters. The van der Waals surface area contributed by atoms with Gasteiger partial charge in [-0.05, 0) is 23.3 Å². The molecule has 0 amide bonds. The van der Waals surface area contributed by atoms with Crippen LogP contribution in [0.3, 0.4) is 0 Å². The number of carbonyl (C=O) groups is 1. The van der Waals surface area contributed by atoms with Gasteiger partial charge >= 0.3 is 5.97 Å². The fraction of sp³-hybridized carbons (Fsp3) is 0.350. The molecule has 0 spiro atoms. The Morgan fingerprint density at radius 2 is 1.80 bits per heavy atom. The highest BCUT2D eigenvalue weighted by molar-refractivity contribution is 5.87. The molecule has 1 fully saturated rings. The van der Waals surface area contributed by atoms with Crippen LogP contribution in [0.25, 0.3) is 0 Å². The van der Waals surface area contributed by atoms with E-state index in [9.17, 15) is 9.90 Å². The lowest BCUT2D eigenvalue weighted by molar-refractivity contribution is -0.134. The summed E-state index contributed by atoms with van der Waals surface area (Å²) in [5.74, 6) is -0.917. The molecule has 132 valence electrons. The third-order valence-electron chi connectivity index (χ3n) is 4.59. The van der Waals surface area contributed by atoms with E-state index in [0.29, 0.717) is 31.7 Å². The van der Waals surface area contributed by atoms with Crippen LogP contribution in [0.5, 0.6) is 0 Å². The van der Waals surface area contributed by atoms with Gasteiger partial charge in [-0.25, -0.2) is 4.79 Å². The number of aliphatic hydroxyl groups is 1. The van der Waals surface area contributed by atoms with Crippen molar-refractivity contribution in [2.45, 2.75) is 18.6 Å². The highest BCUT2D eigenvalue weighted by Gasteiger charge is 2.36. The summed E-state index contributed by atoms with van der Waals surface area (Å²) >= 11 is 0. The van der Waals surface area contributed by atoms with Crippen LogP contribution in [0.1, 0.15) is 21.5 Å². The van der Waals surface area contributed by atoms with Crippen molar-refractivity contribution in [3.8, 4) is 0 Å². The Hall–Kier alpha value is -2.21. The summed E-state index contributed by atoms with van der Waals surface area (Å²) in [6.45, 7) is 2.67. The van der Waals surface area contributed by atoms with Gasteiger partial charge in [0, 0.05) is 26.1 Å². The Morgan fingerprint density at radius 1 is 1.08 bits per heavy atom. The van der Waals surface area contributed by atoms with Crippen LogP contribution in [0.4, 0.5) is 0 Å². The maximum Gasteiger partial charge on any atom is 0.335 e. The SMILES string of the molecule is O=C(O)c1ccc(CN2CCO[C@@](CO)(Cc3ccccc3)C2)cc1. The van der Waals surface area contributed by atoms with Crippen molar-refractivity contribution in [1.82, 2.24) is 4.90 Å². The van der Waals surface area contributed by atoms with E-state index >= 15 is 0 Å². The van der Waals surface area contributed by atoms with Crippen molar-refractivity contribution in [2.75, 3.05) is 26.3 Å². The number of ether oxygens (including phenoxy) is 1. The zero-order valence-electron chi connectivity index (χ0n) is 14.1. The van der Waals surface area contributed by atoms with Crippen molar-refractivity contribution in [2.24, 2.45) is 0 Å². The van der Waals surface area contributed by atoms with Crippen molar-refractivity contribution in [1.29, 1.82) is 0 Å². The second-order valence-corrected chi connectivity index (χ2v) is 6.56. The van der Waals surface area contributed by atoms with E-state index in [1.807, 2.05) is 42.5 Å². The number of carboxylic acid groups (broad SMARTS) is 1. The summed E-state index contributed by atoms with van der Waals surface area (Å²) in [4.78, 5) is 13.2. The molecule has 0 saturated carbocycles. The number of aromatic carboxylic acids is 1. The minimum atomic E-state index is -0.917. The van der Waals surface area contributed by atoms with Gasteiger partial charge in [0.15, 0.2) is 0 Å². The Bertz CT molecular complexity index is 701. The minimum Gasteiger partial charge on any atom is -0.478 e. The number of hydrogen-bond donors (Lipinski definition) is 2. The average Bonchev–Trinajstić information content (AvgIpc) is 2.63. The van der Waals surface area contributed by atoms with Gasteiger partial charge in [0.1, 0.15) is 5.60 Å². The monoisotopic (exact) mass is 341 g/mol. The molecule has 0 bridgehead atoms. The summed E-state index contributed by atoms with van der Waals surface area (Å²) < 4.78 is 5.97. The normalized spacial score (nSPS) is 21.2. The van der Waals surface area contributed by atoms with Crippen LogP contribution in [-0.2, 0) is 17.7 Å². The van der Waals surface area contributed by atoms with Crippen LogP contribution in [-0.4, -0.2) is 53.0 Å². The van der Waals surface area contributed by atoms with Gasteiger partial charge in [0.05, 0.1) is 18.8 Å². The molecule has 2 aromatic rings. The molecule has 5 nitrogen and oxygen atoms in total. The molecule has 3 rings (SSSR count). The number of nitrogens with zero attached hydrogens (tertiary/aromatic N) is 1. The van der Waals surface area contributed by atoms with E-state index in [-0.39, 0.29) is 6.61 Å². The molecule has 1 saturated heterocycles. The van der Waals surface area contributed by atoms with Gasteiger partial charge in [0.2, 0.25) is 0 Å². The van der Waals surface area contributed by atoms with E-state index in [1.165, 1.54) is 0 Å². The number of carboxylic acids is 1. The predicted octanol–water partition coefficient (Wildman–Crippen LogP) is 2.19. The largest absolute Gasteiger partial charge is 0.478 e. The smallest absolute Gasteiger partial charge is 0.335 e. The molecule has 1 aliphatic rings. The lowest BCUT2D eigenvalue weighted by Gasteiger charge is -2.42. The van der Waals surface area contributed by atoms with Crippen LogP contribution in [0.15, 0.2) is 54.6 Å². The van der Waals surface area contributed by atoms with Gasteiger partial charge < -0.3 is 14.9 Å². The van der Waals surface area contributed by atoms with E-state index in [2.05, 4.69) is 4.90 Å². The molecule has 1 atom stereocenters. The fourth-order valence-electron chi connectivity index (χ4n) is 3.30. The van der Waals surface area contributed by atoms with Crippen molar-refractivity contribution < 1.29 is 19.7 Å². The van der Waals surface area contributed by atoms with Gasteiger partial charge in [0.25, 0.3) is 0 Å². The third-order valence-corrected chi connectivity index (χ3v) is 4.59. The van der Waals surface area contributed by atoms with Crippen LogP contribution in [0.2, 0.25) is 0 Å². The Labute approximate surface area is 147 Å². The summed E-state index contributed by atoms with van der Waals surface area (Å²) in [6.07, 6.45) is 0.665. The van der Waals surface area contributed by atoms with Gasteiger partial charge in [-0.3, -0.25) is 4.90 Å². The Morgan fingerprint density at radius 3 is 2.44 bits per heavy atom. The fourth-order valence-corrected chi connectivity index (χ4v) is 3.30. The maximum atomic E-state index is 10.9. The summed E-state index contributed by atoms with van der Waals surface area (Å²) in [5.41, 5.74) is 1.89. The van der Waals surface area contributed by atoms with Crippen molar-refractivity contribution in [3.63, 3.8) is 0 Å². The standard InChI is InChI=1S/C20H23NO4/c22-15-20(12-16-4-2-1-3-5-16)14-21(10-11-25-20)13-17-6-8-18(9-7-17)19(23)24/h1-9,22H,10-15H2,(H,23,24)/t20-/m0/s1. The van der Waals surface area contributed by atoms with E-state index < -0.39 is 11.6 Å². The van der Waals surface area contributed by atoms with Gasteiger partial charge in [-0.15, -0.1) is 0 Å². The number of aliphatic hydroxyl groups excluding tert-OH is 1. The van der Waals surface area contributed by atoms with Gasteiger partial charge in [-0.2, -0.15) is 0 Å². The third kappa shape index (κ3) is 4.45. The number of rotatable bonds is 6. The van der Waals surface area contributed by atoms with Crippen molar-refractivity contribution >= 4 is 5.97 Å². The lowest BCUT2D eigenvalue weighted by atomic mass is 9.93. The second-order valence-electron chi connectivity index (χ2n) is 6.56. The molecule has 0 aliphatic carbocycles. The number of benzene rings is 2. The molecular formula is C20H23NO4. The first kappa shape index (κ1) is 17.6. The first-order valence-electron chi connectivity index (χ1n) is 8.44. The second kappa shape index (κ2) is 7.78. The first-order valence-corrected chi connectivity index (χ1v) is 8.44. The molecule has 1 heterocycles. The van der Waals surface area contributed by atoms with E-state index in [1.54, 1.807) is 12.1 Å². The Kier molecular flexibility index (Phi) is 5.48. The van der Waals surface area contributed by atoms with E-state index in [0.717, 1.165) is 17.7 Å². The topological polar surface area (TPSA) is 70.0 Å². The summed E-state index contributed by atoms with van der Waals surface area (Å²) in [7, 11) is 0. The van der Waals surface area contributed by atoms with Gasteiger partial charge in [-0.1, -0.05) is 42.5 Å². The predicted molar refractivity (Wildman–Crippen MR) is 94.6 cm³/mol. The quantitative estimate of drug-likeness (QED) is 0.843. The molecular weight excluding hydrogens is 318 g/mol. The zero-order chi connectivity index (χ0) is 17.7. The highest BCUT2D eigenvalue weighted by Crippen LogP contribution is 2.24.